The van der Waals surface area contributed by atoms with Crippen molar-refractivity contribution in [3.8, 4) is 0 Å². The van der Waals surface area contributed by atoms with E-state index in [1.54, 1.807) is 6.92 Å². The summed E-state index contributed by atoms with van der Waals surface area (Å²) in [4.78, 5) is 14.4. The summed E-state index contributed by atoms with van der Waals surface area (Å²) in [6.07, 6.45) is 0. The Bertz CT molecular complexity index is 476. The Hall–Kier alpha value is -0.330. The van der Waals surface area contributed by atoms with Gasteiger partial charge in [-0.25, -0.2) is 0 Å². The molecule has 0 aliphatic carbocycles. The molecular weight excluding hydrogens is 389 g/mol. The number of likely N-dealkylation sites (N-methyl/N-ethyl adjacent to an activating group) is 1. The number of rotatable bonds is 5. The Morgan fingerprint density at radius 1 is 1.18 bits per heavy atom. The number of benzene rings is 1. The fraction of sp³-hybridized carbons (Fsp3) is 0.533. The molecule has 0 bridgehead atoms. The Kier molecular flexibility index (Phi) is 9.88. The average molecular weight is 415 g/mol. The minimum atomic E-state index is -1.04. The second-order valence-corrected chi connectivity index (χ2v) is 7.01. The molecule has 4 nitrogen and oxygen atoms in total. The molecule has 3 N–H and O–H groups in total. The van der Waals surface area contributed by atoms with Crippen molar-refractivity contribution in [2.45, 2.75) is 31.8 Å². The fourth-order valence-electron chi connectivity index (χ4n) is 1.57. The largest absolute Gasteiger partial charge is 0.352 e. The summed E-state index contributed by atoms with van der Waals surface area (Å²) in [5.41, 5.74) is 5.83. The predicted molar refractivity (Wildman–Crippen MR) is 101 cm³/mol. The average Bonchev–Trinajstić information content (AvgIpc) is 2.36. The van der Waals surface area contributed by atoms with Gasteiger partial charge in [-0.15, -0.1) is 24.8 Å². The van der Waals surface area contributed by atoms with Gasteiger partial charge in [0.2, 0.25) is 5.91 Å². The van der Waals surface area contributed by atoms with Gasteiger partial charge in [-0.2, -0.15) is 0 Å². The maximum Gasteiger partial charge on any atom is 0.244 e. The van der Waals surface area contributed by atoms with Gasteiger partial charge in [0.25, 0.3) is 0 Å². The first-order valence-electron chi connectivity index (χ1n) is 6.58. The summed E-state index contributed by atoms with van der Waals surface area (Å²) in [6.45, 7) is 6.41. The number of nitrogens with zero attached hydrogens (tertiary/aromatic N) is 1. The van der Waals surface area contributed by atoms with Crippen molar-refractivity contribution in [3.05, 3.63) is 34.3 Å². The Morgan fingerprint density at radius 3 is 2.05 bits per heavy atom. The number of nitrogens with one attached hydrogen (secondary N) is 1. The third-order valence-corrected chi connectivity index (χ3v) is 4.34. The van der Waals surface area contributed by atoms with Crippen molar-refractivity contribution in [3.63, 3.8) is 0 Å². The highest BCUT2D eigenvalue weighted by Crippen LogP contribution is 2.21. The molecule has 0 radical (unpaired) electrons. The SMILES string of the molecule is CN(C)C(C)(C)CNC(=O)C(C)(N)c1ccc(Br)cc1.Cl.Cl. The number of hydrogen-bond acceptors (Lipinski definition) is 3. The zero-order valence-corrected chi connectivity index (χ0v) is 16.9. The van der Waals surface area contributed by atoms with Crippen LogP contribution in [0.15, 0.2) is 28.7 Å². The van der Waals surface area contributed by atoms with Gasteiger partial charge in [0.15, 0.2) is 0 Å². The van der Waals surface area contributed by atoms with E-state index in [4.69, 9.17) is 5.73 Å². The van der Waals surface area contributed by atoms with Crippen LogP contribution in [0.4, 0.5) is 0 Å². The molecule has 0 saturated carbocycles. The fourth-order valence-corrected chi connectivity index (χ4v) is 1.83. The van der Waals surface area contributed by atoms with Crippen molar-refractivity contribution >= 4 is 46.7 Å². The Labute approximate surface area is 154 Å². The molecule has 1 unspecified atom stereocenters. The van der Waals surface area contributed by atoms with Gasteiger partial charge >= 0.3 is 0 Å². The number of hydrogen-bond donors (Lipinski definition) is 2. The lowest BCUT2D eigenvalue weighted by atomic mass is 9.92. The Balaban J connectivity index is 0. The van der Waals surface area contributed by atoms with Gasteiger partial charge in [-0.3, -0.25) is 4.79 Å². The molecule has 7 heteroatoms. The van der Waals surface area contributed by atoms with Crippen molar-refractivity contribution in [2.75, 3.05) is 20.6 Å². The van der Waals surface area contributed by atoms with Crippen LogP contribution in [-0.4, -0.2) is 37.0 Å². The minimum absolute atomic E-state index is 0. The summed E-state index contributed by atoms with van der Waals surface area (Å²) >= 11 is 3.38. The lowest BCUT2D eigenvalue weighted by Crippen LogP contribution is -2.54. The molecule has 1 aromatic carbocycles. The molecule has 0 fully saturated rings. The first-order valence-corrected chi connectivity index (χ1v) is 7.37. The van der Waals surface area contributed by atoms with Crippen LogP contribution >= 0.6 is 40.7 Å². The standard InChI is InChI=1S/C15H24BrN3O.2ClH/c1-14(2,19(4)5)10-18-13(20)15(3,17)11-6-8-12(16)9-7-11;;/h6-9H,10,17H2,1-5H3,(H,18,20);2*1H. The molecule has 128 valence electrons. The zero-order chi connectivity index (χ0) is 15.6. The molecule has 1 amide bonds. The lowest BCUT2D eigenvalue weighted by molar-refractivity contribution is -0.126. The van der Waals surface area contributed by atoms with Gasteiger partial charge < -0.3 is 16.0 Å². The van der Waals surface area contributed by atoms with Crippen LogP contribution in [0.1, 0.15) is 26.3 Å². The summed E-state index contributed by atoms with van der Waals surface area (Å²) in [5, 5.41) is 2.94. The van der Waals surface area contributed by atoms with Gasteiger partial charge in [0, 0.05) is 16.6 Å². The normalized spacial score (nSPS) is 13.6. The number of carbonyl (C=O) groups excluding carboxylic acids is 1. The second-order valence-electron chi connectivity index (χ2n) is 6.10. The first kappa shape index (κ1) is 23.9. The molecule has 1 aromatic rings. The molecular formula is C15H26BrCl2N3O. The maximum atomic E-state index is 12.4. The smallest absolute Gasteiger partial charge is 0.244 e. The molecule has 22 heavy (non-hydrogen) atoms. The molecule has 0 spiro atoms. The molecule has 1 rings (SSSR count). The van der Waals surface area contributed by atoms with Crippen LogP contribution < -0.4 is 11.1 Å². The Morgan fingerprint density at radius 2 is 1.64 bits per heavy atom. The number of halogens is 3. The van der Waals surface area contributed by atoms with Crippen LogP contribution in [0, 0.1) is 0 Å². The van der Waals surface area contributed by atoms with E-state index in [9.17, 15) is 4.79 Å². The van der Waals surface area contributed by atoms with E-state index >= 15 is 0 Å². The highest BCUT2D eigenvalue weighted by molar-refractivity contribution is 9.10. The highest BCUT2D eigenvalue weighted by Gasteiger charge is 2.32. The quantitative estimate of drug-likeness (QED) is 0.778. The van der Waals surface area contributed by atoms with Gasteiger partial charge in [-0.1, -0.05) is 28.1 Å². The molecule has 0 saturated heterocycles. The van der Waals surface area contributed by atoms with Crippen LogP contribution in [0.5, 0.6) is 0 Å². The second kappa shape index (κ2) is 9.08. The number of carbonyl (C=O) groups is 1. The van der Waals surface area contributed by atoms with E-state index in [1.807, 2.05) is 38.4 Å². The van der Waals surface area contributed by atoms with Gasteiger partial charge in [-0.05, 0) is 52.6 Å². The van der Waals surface area contributed by atoms with E-state index in [0.717, 1.165) is 10.0 Å². The molecule has 0 aromatic heterocycles. The highest BCUT2D eigenvalue weighted by atomic mass is 79.9. The monoisotopic (exact) mass is 413 g/mol. The molecule has 1 atom stereocenters. The van der Waals surface area contributed by atoms with E-state index in [0.29, 0.717) is 6.54 Å². The minimum Gasteiger partial charge on any atom is -0.352 e. The summed E-state index contributed by atoms with van der Waals surface area (Å²) in [5.74, 6) is -0.172. The zero-order valence-electron chi connectivity index (χ0n) is 13.6. The van der Waals surface area contributed by atoms with Gasteiger partial charge in [0.1, 0.15) is 5.54 Å². The number of amides is 1. The predicted octanol–water partition coefficient (Wildman–Crippen LogP) is 2.92. The van der Waals surface area contributed by atoms with E-state index in [1.165, 1.54) is 0 Å². The van der Waals surface area contributed by atoms with E-state index in [2.05, 4.69) is 40.0 Å². The summed E-state index contributed by atoms with van der Waals surface area (Å²) < 4.78 is 0.964. The van der Waals surface area contributed by atoms with Crippen LogP contribution in [0.2, 0.25) is 0 Å². The topological polar surface area (TPSA) is 58.4 Å². The van der Waals surface area contributed by atoms with Gasteiger partial charge in [0.05, 0.1) is 0 Å². The molecule has 0 heterocycles. The third-order valence-electron chi connectivity index (χ3n) is 3.81. The van der Waals surface area contributed by atoms with Crippen LogP contribution in [0.25, 0.3) is 0 Å². The van der Waals surface area contributed by atoms with Crippen LogP contribution in [0.3, 0.4) is 0 Å². The van der Waals surface area contributed by atoms with E-state index < -0.39 is 5.54 Å². The number of nitrogens with two attached hydrogens (primary N) is 1. The van der Waals surface area contributed by atoms with E-state index in [-0.39, 0.29) is 36.3 Å². The lowest BCUT2D eigenvalue weighted by Gasteiger charge is -2.34. The van der Waals surface area contributed by atoms with Crippen molar-refractivity contribution in [1.82, 2.24) is 10.2 Å². The maximum absolute atomic E-state index is 12.4. The first-order chi connectivity index (χ1) is 9.07. The summed E-state index contributed by atoms with van der Waals surface area (Å²) in [7, 11) is 3.98. The summed E-state index contributed by atoms with van der Waals surface area (Å²) in [6, 6.07) is 7.50. The molecule has 0 aliphatic rings. The van der Waals surface area contributed by atoms with Crippen LogP contribution in [-0.2, 0) is 10.3 Å². The van der Waals surface area contributed by atoms with Crippen molar-refractivity contribution in [2.24, 2.45) is 5.73 Å². The van der Waals surface area contributed by atoms with Crippen molar-refractivity contribution < 1.29 is 4.79 Å². The van der Waals surface area contributed by atoms with Crippen molar-refractivity contribution in [1.29, 1.82) is 0 Å². The molecule has 0 aliphatic heterocycles. The third kappa shape index (κ3) is 6.05.